The van der Waals surface area contributed by atoms with Gasteiger partial charge in [0.25, 0.3) is 0 Å². The second kappa shape index (κ2) is 8.23. The average Bonchev–Trinajstić information content (AvgIpc) is 3.19. The molecule has 0 saturated carbocycles. The molecule has 3 aromatic rings. The van der Waals surface area contributed by atoms with Crippen LogP contribution >= 0.6 is 23.2 Å². The van der Waals surface area contributed by atoms with Crippen LogP contribution in [0.4, 0.5) is 5.69 Å². The third-order valence-electron chi connectivity index (χ3n) is 3.71. The molecule has 0 atom stereocenters. The van der Waals surface area contributed by atoms with Crippen molar-refractivity contribution in [3.63, 3.8) is 0 Å². The maximum atomic E-state index is 12.8. The highest BCUT2D eigenvalue weighted by Crippen LogP contribution is 2.25. The van der Waals surface area contributed by atoms with Crippen molar-refractivity contribution in [3.8, 4) is 5.69 Å². The number of likely N-dealkylation sites (N-methyl/N-ethyl adjacent to an activating group) is 1. The summed E-state index contributed by atoms with van der Waals surface area (Å²) in [5.74, 6) is -0.527. The molecule has 9 nitrogen and oxygen atoms in total. The van der Waals surface area contributed by atoms with Gasteiger partial charge in [0.1, 0.15) is 6.33 Å². The van der Waals surface area contributed by atoms with Crippen molar-refractivity contribution in [1.82, 2.24) is 24.5 Å². The molecule has 1 N–H and O–H groups in total. The first-order valence-corrected chi connectivity index (χ1v) is 10.0. The fourth-order valence-electron chi connectivity index (χ4n) is 2.31. The number of sulfonamides is 1. The van der Waals surface area contributed by atoms with Crippen LogP contribution in [0.25, 0.3) is 5.69 Å². The van der Waals surface area contributed by atoms with Gasteiger partial charge in [0.15, 0.2) is 0 Å². The van der Waals surface area contributed by atoms with Gasteiger partial charge in [-0.05, 0) is 46.8 Å². The third kappa shape index (κ3) is 4.47. The first-order chi connectivity index (χ1) is 13.3. The van der Waals surface area contributed by atoms with E-state index in [1.54, 1.807) is 18.2 Å². The van der Waals surface area contributed by atoms with Gasteiger partial charge in [0.2, 0.25) is 15.9 Å². The Morgan fingerprint density at radius 3 is 2.64 bits per heavy atom. The summed E-state index contributed by atoms with van der Waals surface area (Å²) in [6.45, 7) is -0.391. The van der Waals surface area contributed by atoms with Crippen LogP contribution in [0.5, 0.6) is 0 Å². The molecule has 28 heavy (non-hydrogen) atoms. The number of tetrazole rings is 1. The lowest BCUT2D eigenvalue weighted by atomic mass is 10.3. The van der Waals surface area contributed by atoms with Gasteiger partial charge in [0.05, 0.1) is 27.2 Å². The lowest BCUT2D eigenvalue weighted by Gasteiger charge is -2.17. The van der Waals surface area contributed by atoms with Crippen molar-refractivity contribution in [2.45, 2.75) is 4.90 Å². The Morgan fingerprint density at radius 1 is 1.18 bits per heavy atom. The number of nitrogens with zero attached hydrogens (tertiary/aromatic N) is 5. The lowest BCUT2D eigenvalue weighted by molar-refractivity contribution is -0.116. The van der Waals surface area contributed by atoms with E-state index < -0.39 is 22.5 Å². The van der Waals surface area contributed by atoms with E-state index in [0.717, 1.165) is 4.31 Å². The van der Waals surface area contributed by atoms with Crippen molar-refractivity contribution >= 4 is 44.8 Å². The highest BCUT2D eigenvalue weighted by molar-refractivity contribution is 7.89. The molecule has 0 radical (unpaired) electrons. The number of aromatic nitrogens is 4. The van der Waals surface area contributed by atoms with Crippen molar-refractivity contribution in [1.29, 1.82) is 0 Å². The van der Waals surface area contributed by atoms with Gasteiger partial charge in [0, 0.05) is 12.7 Å². The standard InChI is InChI=1S/C16H14Cl2N6O3S/c1-23(9-16(25)20-11-5-6-14(17)15(18)7-11)28(26,27)13-4-2-3-12(8-13)24-10-19-21-22-24/h2-8,10H,9H2,1H3,(H,20,25). The average molecular weight is 441 g/mol. The summed E-state index contributed by atoms with van der Waals surface area (Å²) < 4.78 is 27.8. The number of carbonyl (C=O) groups excluding carboxylic acids is 1. The van der Waals surface area contributed by atoms with E-state index >= 15 is 0 Å². The van der Waals surface area contributed by atoms with E-state index in [1.807, 2.05) is 0 Å². The minimum atomic E-state index is -3.91. The Kier molecular flexibility index (Phi) is 5.94. The fraction of sp³-hybridized carbons (Fsp3) is 0.125. The summed E-state index contributed by atoms with van der Waals surface area (Å²) in [5, 5.41) is 14.0. The smallest absolute Gasteiger partial charge is 0.243 e. The number of hydrogen-bond acceptors (Lipinski definition) is 6. The zero-order valence-corrected chi connectivity index (χ0v) is 16.8. The topological polar surface area (TPSA) is 110 Å². The molecule has 0 bridgehead atoms. The molecule has 0 unspecified atom stereocenters. The number of carbonyl (C=O) groups is 1. The van der Waals surface area contributed by atoms with Crippen LogP contribution in [-0.2, 0) is 14.8 Å². The summed E-state index contributed by atoms with van der Waals surface area (Å²) in [7, 11) is -2.60. The van der Waals surface area contributed by atoms with Crippen LogP contribution in [0.1, 0.15) is 0 Å². The van der Waals surface area contributed by atoms with E-state index in [0.29, 0.717) is 16.4 Å². The number of amides is 1. The predicted octanol–water partition coefficient (Wildman–Crippen LogP) is 2.23. The van der Waals surface area contributed by atoms with Gasteiger partial charge in [-0.2, -0.15) is 4.31 Å². The SMILES string of the molecule is CN(CC(=O)Nc1ccc(Cl)c(Cl)c1)S(=O)(=O)c1cccc(-n2cnnn2)c1. The quantitative estimate of drug-likeness (QED) is 0.628. The number of benzene rings is 2. The highest BCUT2D eigenvalue weighted by Gasteiger charge is 2.23. The molecule has 12 heteroatoms. The van der Waals surface area contributed by atoms with Crippen LogP contribution in [-0.4, -0.2) is 52.4 Å². The molecular weight excluding hydrogens is 427 g/mol. The van der Waals surface area contributed by atoms with Crippen molar-refractivity contribution < 1.29 is 13.2 Å². The molecule has 2 aromatic carbocycles. The number of hydrogen-bond donors (Lipinski definition) is 1. The molecule has 0 aliphatic heterocycles. The third-order valence-corrected chi connectivity index (χ3v) is 6.25. The predicted molar refractivity (Wildman–Crippen MR) is 104 cm³/mol. The Bertz CT molecular complexity index is 1110. The lowest BCUT2D eigenvalue weighted by Crippen LogP contribution is -2.35. The van der Waals surface area contributed by atoms with Crippen LogP contribution < -0.4 is 5.32 Å². The minimum Gasteiger partial charge on any atom is -0.325 e. The van der Waals surface area contributed by atoms with Gasteiger partial charge in [-0.25, -0.2) is 13.1 Å². The zero-order valence-electron chi connectivity index (χ0n) is 14.5. The maximum absolute atomic E-state index is 12.8. The van der Waals surface area contributed by atoms with E-state index in [9.17, 15) is 13.2 Å². The molecule has 0 aliphatic rings. The Labute approximate surface area is 170 Å². The number of rotatable bonds is 6. The van der Waals surface area contributed by atoms with Crippen molar-refractivity contribution in [2.24, 2.45) is 0 Å². The maximum Gasteiger partial charge on any atom is 0.243 e. The first-order valence-electron chi connectivity index (χ1n) is 7.82. The van der Waals surface area contributed by atoms with Crippen LogP contribution in [0, 0.1) is 0 Å². The van der Waals surface area contributed by atoms with Crippen LogP contribution in [0.15, 0.2) is 53.7 Å². The van der Waals surface area contributed by atoms with Gasteiger partial charge in [-0.3, -0.25) is 4.79 Å². The largest absolute Gasteiger partial charge is 0.325 e. The van der Waals surface area contributed by atoms with E-state index in [2.05, 4.69) is 20.8 Å². The fourth-order valence-corrected chi connectivity index (χ4v) is 3.77. The Morgan fingerprint density at radius 2 is 1.96 bits per heavy atom. The van der Waals surface area contributed by atoms with Gasteiger partial charge < -0.3 is 5.32 Å². The monoisotopic (exact) mass is 440 g/mol. The van der Waals surface area contributed by atoms with Crippen molar-refractivity contribution in [3.05, 3.63) is 58.8 Å². The number of nitrogens with one attached hydrogen (secondary N) is 1. The molecule has 1 heterocycles. The molecule has 0 spiro atoms. The van der Waals surface area contributed by atoms with Gasteiger partial charge in [-0.15, -0.1) is 5.10 Å². The summed E-state index contributed by atoms with van der Waals surface area (Å²) in [5.41, 5.74) is 0.880. The summed E-state index contributed by atoms with van der Waals surface area (Å²) in [6.07, 6.45) is 1.35. The molecule has 1 amide bonds. The van der Waals surface area contributed by atoms with Gasteiger partial charge in [-0.1, -0.05) is 29.3 Å². The summed E-state index contributed by atoms with van der Waals surface area (Å²) >= 11 is 11.7. The highest BCUT2D eigenvalue weighted by atomic mass is 35.5. The molecule has 0 aliphatic carbocycles. The second-order valence-electron chi connectivity index (χ2n) is 5.69. The Balaban J connectivity index is 1.74. The molecule has 1 aromatic heterocycles. The van der Waals surface area contributed by atoms with E-state index in [4.69, 9.17) is 23.2 Å². The molecular formula is C16H14Cl2N6O3S. The first kappa shape index (κ1) is 20.2. The van der Waals surface area contributed by atoms with Crippen LogP contribution in [0.3, 0.4) is 0 Å². The number of anilines is 1. The normalized spacial score (nSPS) is 11.6. The summed E-state index contributed by atoms with van der Waals surface area (Å²) in [4.78, 5) is 12.2. The Hall–Kier alpha value is -2.53. The van der Waals surface area contributed by atoms with Crippen LogP contribution in [0.2, 0.25) is 10.0 Å². The zero-order chi connectivity index (χ0) is 20.3. The second-order valence-corrected chi connectivity index (χ2v) is 8.55. The molecule has 3 rings (SSSR count). The number of halogens is 2. The molecule has 0 saturated heterocycles. The molecule has 146 valence electrons. The molecule has 0 fully saturated rings. The van der Waals surface area contributed by atoms with Gasteiger partial charge >= 0.3 is 0 Å². The van der Waals surface area contributed by atoms with Crippen molar-refractivity contribution in [2.75, 3.05) is 18.9 Å². The minimum absolute atomic E-state index is 0.00494. The van der Waals surface area contributed by atoms with E-state index in [-0.39, 0.29) is 9.92 Å². The summed E-state index contributed by atoms with van der Waals surface area (Å²) in [6, 6.07) is 10.6. The van der Waals surface area contributed by atoms with E-state index in [1.165, 1.54) is 42.3 Å².